The van der Waals surface area contributed by atoms with Crippen molar-refractivity contribution in [3.05, 3.63) is 65.7 Å². The molecule has 0 saturated carbocycles. The standard InChI is InChI=1S/C22H23N5O/c1-16-3-7-18(8-4-16)20-13-21(26(2)22-15-24-11-12-28-22)25-27(20)19-9-5-17(14-23)6-10-19/h3-10,13,22,24H,11-12,15H2,1-2H3/t22-/m0/s1. The van der Waals surface area contributed by atoms with Crippen molar-refractivity contribution in [2.45, 2.75) is 13.2 Å². The molecule has 142 valence electrons. The Kier molecular flexibility index (Phi) is 5.11. The minimum atomic E-state index is -0.0519. The lowest BCUT2D eigenvalue weighted by molar-refractivity contribution is 0.0293. The zero-order valence-corrected chi connectivity index (χ0v) is 16.1. The van der Waals surface area contributed by atoms with E-state index in [9.17, 15) is 0 Å². The van der Waals surface area contributed by atoms with Gasteiger partial charge in [-0.05, 0) is 31.2 Å². The van der Waals surface area contributed by atoms with Crippen LogP contribution in [0.4, 0.5) is 5.82 Å². The number of rotatable bonds is 4. The molecule has 1 aromatic heterocycles. The second kappa shape index (κ2) is 7.85. The Hall–Kier alpha value is -3.14. The lowest BCUT2D eigenvalue weighted by atomic mass is 10.1. The van der Waals surface area contributed by atoms with Crippen molar-refractivity contribution < 1.29 is 4.74 Å². The van der Waals surface area contributed by atoms with Gasteiger partial charge in [0.15, 0.2) is 5.82 Å². The third-order valence-corrected chi connectivity index (χ3v) is 4.99. The van der Waals surface area contributed by atoms with Crippen LogP contribution in [0.2, 0.25) is 0 Å². The highest BCUT2D eigenvalue weighted by molar-refractivity contribution is 5.67. The molecule has 2 aromatic carbocycles. The van der Waals surface area contributed by atoms with Crippen LogP contribution < -0.4 is 10.2 Å². The Morgan fingerprint density at radius 2 is 1.93 bits per heavy atom. The van der Waals surface area contributed by atoms with Crippen molar-refractivity contribution >= 4 is 5.82 Å². The first-order chi connectivity index (χ1) is 13.7. The second-order valence-corrected chi connectivity index (χ2v) is 6.96. The Bertz CT molecular complexity index is 979. The van der Waals surface area contributed by atoms with Crippen molar-refractivity contribution in [3.8, 4) is 23.0 Å². The van der Waals surface area contributed by atoms with E-state index in [-0.39, 0.29) is 6.23 Å². The number of morpholine rings is 1. The first-order valence-electron chi connectivity index (χ1n) is 9.38. The molecular formula is C22H23N5O. The molecule has 0 aliphatic carbocycles. The second-order valence-electron chi connectivity index (χ2n) is 6.96. The Labute approximate surface area is 165 Å². The monoisotopic (exact) mass is 373 g/mol. The Morgan fingerprint density at radius 3 is 2.57 bits per heavy atom. The van der Waals surface area contributed by atoms with E-state index < -0.39 is 0 Å². The molecule has 28 heavy (non-hydrogen) atoms. The van der Waals surface area contributed by atoms with Gasteiger partial charge in [-0.15, -0.1) is 5.10 Å². The van der Waals surface area contributed by atoms with Gasteiger partial charge in [-0.1, -0.05) is 29.8 Å². The number of aromatic nitrogens is 2. The fourth-order valence-corrected chi connectivity index (χ4v) is 3.29. The summed E-state index contributed by atoms with van der Waals surface area (Å²) < 4.78 is 7.80. The molecule has 1 N–H and O–H groups in total. The number of aryl methyl sites for hydroxylation is 1. The van der Waals surface area contributed by atoms with Crippen LogP contribution in [-0.2, 0) is 4.74 Å². The molecule has 1 atom stereocenters. The molecule has 1 saturated heterocycles. The predicted octanol–water partition coefficient (Wildman–Crippen LogP) is 3.10. The highest BCUT2D eigenvalue weighted by atomic mass is 16.5. The molecule has 0 unspecified atom stereocenters. The largest absolute Gasteiger partial charge is 0.356 e. The topological polar surface area (TPSA) is 66.1 Å². The minimum absolute atomic E-state index is 0.0519. The van der Waals surface area contributed by atoms with Gasteiger partial charge in [0.1, 0.15) is 6.23 Å². The SMILES string of the molecule is Cc1ccc(-c2cc(N(C)[C@@H]3CNCCO3)nn2-c2ccc(C#N)cc2)cc1. The number of hydrogen-bond donors (Lipinski definition) is 1. The number of nitrogens with one attached hydrogen (secondary N) is 1. The first-order valence-corrected chi connectivity index (χ1v) is 9.38. The van der Waals surface area contributed by atoms with Crippen molar-refractivity contribution in [3.63, 3.8) is 0 Å². The number of benzene rings is 2. The summed E-state index contributed by atoms with van der Waals surface area (Å²) in [7, 11) is 2.00. The van der Waals surface area contributed by atoms with Gasteiger partial charge in [-0.25, -0.2) is 4.68 Å². The van der Waals surface area contributed by atoms with Gasteiger partial charge in [0.05, 0.1) is 29.6 Å². The van der Waals surface area contributed by atoms with E-state index in [1.54, 1.807) is 0 Å². The average molecular weight is 373 g/mol. The molecule has 0 amide bonds. The van der Waals surface area contributed by atoms with Crippen LogP contribution in [0.5, 0.6) is 0 Å². The summed E-state index contributed by atoms with van der Waals surface area (Å²) in [5.41, 5.74) is 4.84. The van der Waals surface area contributed by atoms with Gasteiger partial charge >= 0.3 is 0 Å². The summed E-state index contributed by atoms with van der Waals surface area (Å²) in [6, 6.07) is 20.1. The number of likely N-dealkylation sites (N-methyl/N-ethyl adjacent to an activating group) is 1. The predicted molar refractivity (Wildman–Crippen MR) is 109 cm³/mol. The average Bonchev–Trinajstić information content (AvgIpc) is 3.20. The third-order valence-electron chi connectivity index (χ3n) is 4.99. The summed E-state index contributed by atoms with van der Waals surface area (Å²) in [5.74, 6) is 0.841. The van der Waals surface area contributed by atoms with E-state index in [4.69, 9.17) is 15.1 Å². The van der Waals surface area contributed by atoms with E-state index in [2.05, 4.69) is 53.5 Å². The molecule has 2 heterocycles. The van der Waals surface area contributed by atoms with Crippen LogP contribution in [0.3, 0.4) is 0 Å². The van der Waals surface area contributed by atoms with Gasteiger partial charge < -0.3 is 15.0 Å². The van der Waals surface area contributed by atoms with Crippen molar-refractivity contribution in [1.29, 1.82) is 5.26 Å². The van der Waals surface area contributed by atoms with Crippen molar-refractivity contribution in [1.82, 2.24) is 15.1 Å². The molecule has 6 nitrogen and oxygen atoms in total. The molecular weight excluding hydrogens is 350 g/mol. The zero-order valence-electron chi connectivity index (χ0n) is 16.1. The highest BCUT2D eigenvalue weighted by Crippen LogP contribution is 2.28. The minimum Gasteiger partial charge on any atom is -0.356 e. The van der Waals surface area contributed by atoms with E-state index in [1.807, 2.05) is 36.0 Å². The molecule has 0 radical (unpaired) electrons. The van der Waals surface area contributed by atoms with Crippen molar-refractivity contribution in [2.24, 2.45) is 0 Å². The Balaban J connectivity index is 1.76. The van der Waals surface area contributed by atoms with Gasteiger partial charge in [0.25, 0.3) is 0 Å². The number of anilines is 1. The fraction of sp³-hybridized carbons (Fsp3) is 0.273. The zero-order chi connectivity index (χ0) is 19.5. The van der Waals surface area contributed by atoms with Gasteiger partial charge in [0, 0.05) is 31.8 Å². The van der Waals surface area contributed by atoms with E-state index in [1.165, 1.54) is 5.56 Å². The molecule has 6 heteroatoms. The van der Waals surface area contributed by atoms with Gasteiger partial charge in [-0.2, -0.15) is 5.26 Å². The number of nitriles is 1. The van der Waals surface area contributed by atoms with Crippen LogP contribution in [0.25, 0.3) is 16.9 Å². The van der Waals surface area contributed by atoms with E-state index in [0.29, 0.717) is 12.2 Å². The first kappa shape index (κ1) is 18.2. The summed E-state index contributed by atoms with van der Waals surface area (Å²) >= 11 is 0. The highest BCUT2D eigenvalue weighted by Gasteiger charge is 2.22. The van der Waals surface area contributed by atoms with E-state index in [0.717, 1.165) is 35.9 Å². The molecule has 0 bridgehead atoms. The van der Waals surface area contributed by atoms with Crippen molar-refractivity contribution in [2.75, 3.05) is 31.6 Å². The van der Waals surface area contributed by atoms with E-state index >= 15 is 0 Å². The summed E-state index contributed by atoms with van der Waals surface area (Å²) in [6.45, 7) is 4.41. The third kappa shape index (κ3) is 3.63. The number of ether oxygens (including phenoxy) is 1. The molecule has 1 aliphatic rings. The van der Waals surface area contributed by atoms with Gasteiger partial charge in [-0.3, -0.25) is 0 Å². The van der Waals surface area contributed by atoms with Crippen LogP contribution in [0.15, 0.2) is 54.6 Å². The lowest BCUT2D eigenvalue weighted by Gasteiger charge is -2.31. The number of nitrogens with zero attached hydrogens (tertiary/aromatic N) is 4. The fourth-order valence-electron chi connectivity index (χ4n) is 3.29. The maximum Gasteiger partial charge on any atom is 0.153 e. The van der Waals surface area contributed by atoms with Crippen LogP contribution in [0.1, 0.15) is 11.1 Å². The number of hydrogen-bond acceptors (Lipinski definition) is 5. The van der Waals surface area contributed by atoms with Crippen LogP contribution >= 0.6 is 0 Å². The van der Waals surface area contributed by atoms with Crippen LogP contribution in [-0.4, -0.2) is 42.8 Å². The maximum absolute atomic E-state index is 9.08. The molecule has 3 aromatic rings. The normalized spacial score (nSPS) is 16.5. The van der Waals surface area contributed by atoms with Crippen LogP contribution in [0, 0.1) is 18.3 Å². The summed E-state index contributed by atoms with van der Waals surface area (Å²) in [5, 5.41) is 17.3. The summed E-state index contributed by atoms with van der Waals surface area (Å²) in [6.07, 6.45) is -0.0519. The maximum atomic E-state index is 9.08. The lowest BCUT2D eigenvalue weighted by Crippen LogP contribution is -2.48. The van der Waals surface area contributed by atoms with Gasteiger partial charge in [0.2, 0.25) is 0 Å². The Morgan fingerprint density at radius 1 is 1.18 bits per heavy atom. The quantitative estimate of drug-likeness (QED) is 0.761. The molecule has 1 aliphatic heterocycles. The molecule has 4 rings (SSSR count). The summed E-state index contributed by atoms with van der Waals surface area (Å²) in [4.78, 5) is 2.06. The molecule has 0 spiro atoms. The smallest absolute Gasteiger partial charge is 0.153 e. The molecule has 1 fully saturated rings.